The Kier molecular flexibility index (Phi) is 4.32. The Hall–Kier alpha value is -1.80. The zero-order chi connectivity index (χ0) is 16.5. The highest BCUT2D eigenvalue weighted by atomic mass is 16.5. The second-order valence-corrected chi connectivity index (χ2v) is 6.97. The predicted octanol–water partition coefficient (Wildman–Crippen LogP) is 1.95. The van der Waals surface area contributed by atoms with Gasteiger partial charge in [0.1, 0.15) is 0 Å². The second-order valence-electron chi connectivity index (χ2n) is 6.97. The van der Waals surface area contributed by atoms with E-state index in [1.54, 1.807) is 0 Å². The quantitative estimate of drug-likeness (QED) is 0.858. The molecule has 1 saturated carbocycles. The third kappa shape index (κ3) is 3.64. The normalized spacial score (nSPS) is 23.5. The molecule has 8 heteroatoms. The maximum atomic E-state index is 5.35. The maximum Gasteiger partial charge on any atom is 0.243 e. The van der Waals surface area contributed by atoms with Crippen LogP contribution in [-0.4, -0.2) is 44.3 Å². The van der Waals surface area contributed by atoms with E-state index < -0.39 is 0 Å². The number of nitrogens with one attached hydrogen (secondary N) is 1. The first-order chi connectivity index (χ1) is 11.7. The lowest BCUT2D eigenvalue weighted by Gasteiger charge is -2.33. The van der Waals surface area contributed by atoms with Crippen molar-refractivity contribution < 1.29 is 9.05 Å². The van der Waals surface area contributed by atoms with Gasteiger partial charge in [-0.15, -0.1) is 0 Å². The van der Waals surface area contributed by atoms with Gasteiger partial charge in [-0.3, -0.25) is 4.90 Å². The molecular weight excluding hydrogens is 308 g/mol. The Balaban J connectivity index is 1.31. The van der Waals surface area contributed by atoms with E-state index in [0.29, 0.717) is 23.7 Å². The average Bonchev–Trinajstić information content (AvgIpc) is 3.16. The van der Waals surface area contributed by atoms with Gasteiger partial charge in [0.25, 0.3) is 0 Å². The Morgan fingerprint density at radius 1 is 1.21 bits per heavy atom. The van der Waals surface area contributed by atoms with Gasteiger partial charge in [-0.1, -0.05) is 10.3 Å². The molecule has 0 bridgehead atoms. The molecule has 2 aromatic rings. The summed E-state index contributed by atoms with van der Waals surface area (Å²) in [6.07, 6.45) is 4.67. The van der Waals surface area contributed by atoms with E-state index in [0.717, 1.165) is 44.2 Å². The van der Waals surface area contributed by atoms with E-state index in [1.807, 2.05) is 6.92 Å². The SMILES string of the molecule is Cc1noc([C@H](C)N[C@H]2CCCN(Cc3noc(C4CC4)n3)C2)n1. The van der Waals surface area contributed by atoms with E-state index in [-0.39, 0.29) is 6.04 Å². The highest BCUT2D eigenvalue weighted by Gasteiger charge is 2.30. The first kappa shape index (κ1) is 15.7. The molecular formula is C16H24N6O2. The van der Waals surface area contributed by atoms with Crippen molar-refractivity contribution in [2.75, 3.05) is 13.1 Å². The van der Waals surface area contributed by atoms with Gasteiger partial charge in [0, 0.05) is 18.5 Å². The summed E-state index contributed by atoms with van der Waals surface area (Å²) in [7, 11) is 0. The molecule has 130 valence electrons. The van der Waals surface area contributed by atoms with Crippen LogP contribution in [0, 0.1) is 6.92 Å². The lowest BCUT2D eigenvalue weighted by molar-refractivity contribution is 0.167. The zero-order valence-corrected chi connectivity index (χ0v) is 14.2. The number of aryl methyl sites for hydroxylation is 1. The molecule has 1 aliphatic carbocycles. The first-order valence-electron chi connectivity index (χ1n) is 8.78. The lowest BCUT2D eigenvalue weighted by atomic mass is 10.0. The minimum Gasteiger partial charge on any atom is -0.339 e. The van der Waals surface area contributed by atoms with Crippen LogP contribution in [0.25, 0.3) is 0 Å². The van der Waals surface area contributed by atoms with Crippen molar-refractivity contribution in [3.8, 4) is 0 Å². The van der Waals surface area contributed by atoms with Crippen molar-refractivity contribution in [3.05, 3.63) is 23.4 Å². The van der Waals surface area contributed by atoms with Crippen LogP contribution in [0.5, 0.6) is 0 Å². The van der Waals surface area contributed by atoms with E-state index in [9.17, 15) is 0 Å². The monoisotopic (exact) mass is 332 g/mol. The second kappa shape index (κ2) is 6.60. The molecule has 0 radical (unpaired) electrons. The topological polar surface area (TPSA) is 93.1 Å². The number of hydrogen-bond acceptors (Lipinski definition) is 8. The minimum atomic E-state index is 0.0581. The fraction of sp³-hybridized carbons (Fsp3) is 0.750. The van der Waals surface area contributed by atoms with Crippen LogP contribution in [0.15, 0.2) is 9.05 Å². The number of nitrogens with zero attached hydrogens (tertiary/aromatic N) is 5. The molecule has 8 nitrogen and oxygen atoms in total. The van der Waals surface area contributed by atoms with Gasteiger partial charge < -0.3 is 14.4 Å². The van der Waals surface area contributed by atoms with Crippen molar-refractivity contribution in [3.63, 3.8) is 0 Å². The molecule has 0 unspecified atom stereocenters. The summed E-state index contributed by atoms with van der Waals surface area (Å²) in [6.45, 7) is 6.68. The van der Waals surface area contributed by atoms with Crippen LogP contribution in [0.2, 0.25) is 0 Å². The first-order valence-corrected chi connectivity index (χ1v) is 8.78. The highest BCUT2D eigenvalue weighted by Crippen LogP contribution is 2.38. The van der Waals surface area contributed by atoms with E-state index in [2.05, 4.69) is 37.4 Å². The highest BCUT2D eigenvalue weighted by molar-refractivity contribution is 5.02. The van der Waals surface area contributed by atoms with Crippen LogP contribution in [0.1, 0.15) is 68.0 Å². The van der Waals surface area contributed by atoms with E-state index in [4.69, 9.17) is 9.05 Å². The third-order valence-electron chi connectivity index (χ3n) is 4.68. The van der Waals surface area contributed by atoms with Gasteiger partial charge in [-0.2, -0.15) is 9.97 Å². The summed E-state index contributed by atoms with van der Waals surface area (Å²) < 4.78 is 10.6. The summed E-state index contributed by atoms with van der Waals surface area (Å²) in [5.74, 6) is 3.46. The van der Waals surface area contributed by atoms with Crippen molar-refractivity contribution in [2.24, 2.45) is 0 Å². The molecule has 2 aromatic heterocycles. The van der Waals surface area contributed by atoms with Crippen LogP contribution in [0.4, 0.5) is 0 Å². The maximum absolute atomic E-state index is 5.35. The number of piperidine rings is 1. The van der Waals surface area contributed by atoms with E-state index in [1.165, 1.54) is 12.8 Å². The molecule has 3 heterocycles. The molecule has 4 rings (SSSR count). The van der Waals surface area contributed by atoms with Crippen LogP contribution in [-0.2, 0) is 6.54 Å². The smallest absolute Gasteiger partial charge is 0.243 e. The molecule has 0 aromatic carbocycles. The van der Waals surface area contributed by atoms with Gasteiger partial charge in [-0.05, 0) is 46.1 Å². The molecule has 1 saturated heterocycles. The summed E-state index contributed by atoms with van der Waals surface area (Å²) in [4.78, 5) is 11.2. The number of likely N-dealkylation sites (tertiary alicyclic amines) is 1. The van der Waals surface area contributed by atoms with Crippen molar-refractivity contribution in [1.82, 2.24) is 30.5 Å². The Morgan fingerprint density at radius 2 is 2.08 bits per heavy atom. The van der Waals surface area contributed by atoms with Crippen LogP contribution < -0.4 is 5.32 Å². The van der Waals surface area contributed by atoms with E-state index >= 15 is 0 Å². The Labute approximate surface area is 141 Å². The predicted molar refractivity (Wildman–Crippen MR) is 85.2 cm³/mol. The van der Waals surface area contributed by atoms with Gasteiger partial charge in [-0.25, -0.2) is 0 Å². The largest absolute Gasteiger partial charge is 0.339 e. The molecule has 24 heavy (non-hydrogen) atoms. The summed E-state index contributed by atoms with van der Waals surface area (Å²) in [6, 6.07) is 0.457. The fourth-order valence-electron chi connectivity index (χ4n) is 3.28. The van der Waals surface area contributed by atoms with Gasteiger partial charge in [0.05, 0.1) is 12.6 Å². The van der Waals surface area contributed by atoms with Gasteiger partial charge in [0.2, 0.25) is 11.8 Å². The molecule has 0 amide bonds. The molecule has 2 aliphatic rings. The van der Waals surface area contributed by atoms with Crippen LogP contribution >= 0.6 is 0 Å². The summed E-state index contributed by atoms with van der Waals surface area (Å²) in [5.41, 5.74) is 0. The Morgan fingerprint density at radius 3 is 2.83 bits per heavy atom. The van der Waals surface area contributed by atoms with Crippen molar-refractivity contribution in [2.45, 2.75) is 64.1 Å². The number of rotatable bonds is 6. The minimum absolute atomic E-state index is 0.0581. The Bertz CT molecular complexity index is 680. The molecule has 0 spiro atoms. The zero-order valence-electron chi connectivity index (χ0n) is 14.2. The van der Waals surface area contributed by atoms with Crippen molar-refractivity contribution in [1.29, 1.82) is 0 Å². The molecule has 1 N–H and O–H groups in total. The fourth-order valence-corrected chi connectivity index (χ4v) is 3.28. The summed E-state index contributed by atoms with van der Waals surface area (Å²) in [5, 5.41) is 11.6. The molecule has 2 fully saturated rings. The third-order valence-corrected chi connectivity index (χ3v) is 4.68. The average molecular weight is 332 g/mol. The van der Waals surface area contributed by atoms with Crippen molar-refractivity contribution >= 4 is 0 Å². The standard InChI is InChI=1S/C16H24N6O2/c1-10(15-18-11(2)20-23-15)17-13-4-3-7-22(8-13)9-14-19-16(24-21-14)12-5-6-12/h10,12-13,17H,3-9H2,1-2H3/t10-,13-/m0/s1. The molecule has 1 aliphatic heterocycles. The molecule has 2 atom stereocenters. The summed E-state index contributed by atoms with van der Waals surface area (Å²) >= 11 is 0. The number of hydrogen-bond donors (Lipinski definition) is 1. The lowest BCUT2D eigenvalue weighted by Crippen LogP contribution is -2.46. The van der Waals surface area contributed by atoms with Gasteiger partial charge in [0.15, 0.2) is 11.6 Å². The number of aromatic nitrogens is 4. The van der Waals surface area contributed by atoms with Gasteiger partial charge >= 0.3 is 0 Å². The van der Waals surface area contributed by atoms with Crippen LogP contribution in [0.3, 0.4) is 0 Å².